The summed E-state index contributed by atoms with van der Waals surface area (Å²) in [5.74, 6) is -1.42. The van der Waals surface area contributed by atoms with Crippen LogP contribution < -0.4 is 5.32 Å². The van der Waals surface area contributed by atoms with Crippen LogP contribution in [0.4, 0.5) is 5.69 Å². The largest absolute Gasteiger partial charge is 0.326 e. The predicted molar refractivity (Wildman–Crippen MR) is 112 cm³/mol. The summed E-state index contributed by atoms with van der Waals surface area (Å²) in [6, 6.07) is 23.9. The summed E-state index contributed by atoms with van der Waals surface area (Å²) in [5.41, 5.74) is 2.16. The molecule has 0 saturated carbocycles. The average molecular weight is 413 g/mol. The van der Waals surface area contributed by atoms with Crippen molar-refractivity contribution in [2.45, 2.75) is 13.1 Å². The van der Waals surface area contributed by atoms with E-state index in [4.69, 9.17) is 23.2 Å². The number of carbonyl (C=O) groups is 2. The second-order valence-corrected chi connectivity index (χ2v) is 6.97. The Labute approximate surface area is 173 Å². The quantitative estimate of drug-likeness (QED) is 0.588. The maximum absolute atomic E-state index is 12.9. The van der Waals surface area contributed by atoms with Crippen LogP contribution in [0, 0.1) is 0 Å². The predicted octanol–water partition coefficient (Wildman–Crippen LogP) is 5.16. The van der Waals surface area contributed by atoms with Gasteiger partial charge in [-0.2, -0.15) is 0 Å². The first-order valence-corrected chi connectivity index (χ1v) is 9.42. The van der Waals surface area contributed by atoms with Crippen LogP contribution in [0.2, 0.25) is 10.0 Å². The van der Waals surface area contributed by atoms with Gasteiger partial charge in [0.05, 0.1) is 15.7 Å². The van der Waals surface area contributed by atoms with Crippen molar-refractivity contribution in [3.63, 3.8) is 0 Å². The standard InChI is InChI=1S/C22H18Cl2N2O2/c23-18-12-7-13-19(20(18)24)25-21(27)22(28)26(14-16-8-3-1-4-9-16)15-17-10-5-2-6-11-17/h1-13H,14-15H2,(H,25,27). The van der Waals surface area contributed by atoms with E-state index in [1.165, 1.54) is 4.90 Å². The van der Waals surface area contributed by atoms with Crippen molar-refractivity contribution in [1.29, 1.82) is 0 Å². The molecule has 0 radical (unpaired) electrons. The molecule has 0 aromatic heterocycles. The third kappa shape index (κ3) is 5.12. The zero-order valence-electron chi connectivity index (χ0n) is 14.9. The molecule has 2 amide bonds. The topological polar surface area (TPSA) is 49.4 Å². The van der Waals surface area contributed by atoms with Gasteiger partial charge < -0.3 is 10.2 Å². The Balaban J connectivity index is 1.80. The van der Waals surface area contributed by atoms with Gasteiger partial charge in [-0.1, -0.05) is 89.9 Å². The number of rotatable bonds is 5. The summed E-state index contributed by atoms with van der Waals surface area (Å²) in [6.07, 6.45) is 0. The molecule has 1 N–H and O–H groups in total. The van der Waals surface area contributed by atoms with Gasteiger partial charge in [-0.15, -0.1) is 0 Å². The number of anilines is 1. The lowest BCUT2D eigenvalue weighted by atomic mass is 10.1. The molecule has 0 aliphatic heterocycles. The van der Waals surface area contributed by atoms with E-state index >= 15 is 0 Å². The zero-order valence-corrected chi connectivity index (χ0v) is 16.5. The molecule has 0 spiro atoms. The minimum absolute atomic E-state index is 0.197. The maximum atomic E-state index is 12.9. The number of nitrogens with zero attached hydrogens (tertiary/aromatic N) is 1. The third-order valence-electron chi connectivity index (χ3n) is 4.11. The summed E-state index contributed by atoms with van der Waals surface area (Å²) in [4.78, 5) is 27.0. The number of amides is 2. The summed E-state index contributed by atoms with van der Waals surface area (Å²) < 4.78 is 0. The Morgan fingerprint density at radius 1 is 0.750 bits per heavy atom. The van der Waals surface area contributed by atoms with E-state index in [1.54, 1.807) is 18.2 Å². The van der Waals surface area contributed by atoms with E-state index < -0.39 is 11.8 Å². The van der Waals surface area contributed by atoms with Gasteiger partial charge in [-0.05, 0) is 23.3 Å². The lowest BCUT2D eigenvalue weighted by Crippen LogP contribution is -2.39. The van der Waals surface area contributed by atoms with Crippen LogP contribution in [0.1, 0.15) is 11.1 Å². The Morgan fingerprint density at radius 3 is 1.82 bits per heavy atom. The molecule has 0 atom stereocenters. The third-order valence-corrected chi connectivity index (χ3v) is 4.93. The lowest BCUT2D eigenvalue weighted by Gasteiger charge is -2.22. The van der Waals surface area contributed by atoms with Crippen LogP contribution in [0.3, 0.4) is 0 Å². The van der Waals surface area contributed by atoms with Gasteiger partial charge in [-0.3, -0.25) is 9.59 Å². The highest BCUT2D eigenvalue weighted by Crippen LogP contribution is 2.29. The van der Waals surface area contributed by atoms with Crippen molar-refractivity contribution in [2.75, 3.05) is 5.32 Å². The fraction of sp³-hybridized carbons (Fsp3) is 0.0909. The van der Waals surface area contributed by atoms with Crippen molar-refractivity contribution in [3.05, 3.63) is 100 Å². The smallest absolute Gasteiger partial charge is 0.313 e. The molecule has 0 aliphatic carbocycles. The number of hydrogen-bond acceptors (Lipinski definition) is 2. The number of benzene rings is 3. The van der Waals surface area contributed by atoms with Gasteiger partial charge in [-0.25, -0.2) is 0 Å². The van der Waals surface area contributed by atoms with Gasteiger partial charge in [0.1, 0.15) is 0 Å². The molecule has 142 valence electrons. The number of carbonyl (C=O) groups excluding carboxylic acids is 2. The van der Waals surface area contributed by atoms with Gasteiger partial charge in [0.25, 0.3) is 0 Å². The number of halogens is 2. The Morgan fingerprint density at radius 2 is 1.29 bits per heavy atom. The highest BCUT2D eigenvalue weighted by Gasteiger charge is 2.23. The molecule has 0 fully saturated rings. The van der Waals surface area contributed by atoms with Crippen molar-refractivity contribution in [2.24, 2.45) is 0 Å². The summed E-state index contributed by atoms with van der Waals surface area (Å²) in [6.45, 7) is 0.622. The Hall–Kier alpha value is -2.82. The maximum Gasteiger partial charge on any atom is 0.313 e. The highest BCUT2D eigenvalue weighted by atomic mass is 35.5. The van der Waals surface area contributed by atoms with Crippen LogP contribution in [0.25, 0.3) is 0 Å². The highest BCUT2D eigenvalue weighted by molar-refractivity contribution is 6.45. The molecule has 0 heterocycles. The van der Waals surface area contributed by atoms with Gasteiger partial charge in [0.2, 0.25) is 0 Å². The van der Waals surface area contributed by atoms with Gasteiger partial charge in [0, 0.05) is 13.1 Å². The fourth-order valence-electron chi connectivity index (χ4n) is 2.73. The Bertz CT molecular complexity index is 921. The average Bonchev–Trinajstić information content (AvgIpc) is 2.72. The van der Waals surface area contributed by atoms with Crippen LogP contribution in [-0.4, -0.2) is 16.7 Å². The first-order chi connectivity index (χ1) is 13.5. The van der Waals surface area contributed by atoms with Gasteiger partial charge in [0.15, 0.2) is 0 Å². The molecule has 0 unspecified atom stereocenters. The molecule has 0 saturated heterocycles. The van der Waals surface area contributed by atoms with E-state index in [9.17, 15) is 9.59 Å². The van der Waals surface area contributed by atoms with E-state index in [0.29, 0.717) is 23.8 Å². The summed E-state index contributed by atoms with van der Waals surface area (Å²) in [7, 11) is 0. The summed E-state index contributed by atoms with van der Waals surface area (Å²) >= 11 is 12.1. The molecular formula is C22H18Cl2N2O2. The molecule has 3 aromatic carbocycles. The molecule has 0 aliphatic rings. The molecule has 3 aromatic rings. The van der Waals surface area contributed by atoms with Crippen LogP contribution in [0.15, 0.2) is 78.9 Å². The zero-order chi connectivity index (χ0) is 19.9. The number of hydrogen-bond donors (Lipinski definition) is 1. The van der Waals surface area contributed by atoms with E-state index in [0.717, 1.165) is 11.1 Å². The van der Waals surface area contributed by atoms with Crippen LogP contribution >= 0.6 is 23.2 Å². The first-order valence-electron chi connectivity index (χ1n) is 8.66. The van der Waals surface area contributed by atoms with Gasteiger partial charge >= 0.3 is 11.8 Å². The Kier molecular flexibility index (Phi) is 6.69. The minimum atomic E-state index is -0.768. The van der Waals surface area contributed by atoms with Crippen LogP contribution in [-0.2, 0) is 22.7 Å². The molecule has 28 heavy (non-hydrogen) atoms. The van der Waals surface area contributed by atoms with E-state index in [2.05, 4.69) is 5.32 Å². The second kappa shape index (κ2) is 9.40. The lowest BCUT2D eigenvalue weighted by molar-refractivity contribution is -0.144. The van der Waals surface area contributed by atoms with Crippen molar-refractivity contribution in [3.8, 4) is 0 Å². The van der Waals surface area contributed by atoms with Crippen molar-refractivity contribution in [1.82, 2.24) is 4.90 Å². The normalized spacial score (nSPS) is 10.4. The molecule has 0 bridgehead atoms. The minimum Gasteiger partial charge on any atom is -0.326 e. The van der Waals surface area contributed by atoms with Crippen molar-refractivity contribution < 1.29 is 9.59 Å². The molecule has 6 heteroatoms. The summed E-state index contributed by atoms with van der Waals surface area (Å²) in [5, 5.41) is 3.06. The second-order valence-electron chi connectivity index (χ2n) is 6.19. The SMILES string of the molecule is O=C(Nc1cccc(Cl)c1Cl)C(=O)N(Cc1ccccc1)Cc1ccccc1. The first kappa shape index (κ1) is 19.9. The number of nitrogens with one attached hydrogen (secondary N) is 1. The molecule has 3 rings (SSSR count). The van der Waals surface area contributed by atoms with E-state index in [-0.39, 0.29) is 5.02 Å². The fourth-order valence-corrected chi connectivity index (χ4v) is 3.07. The molecular weight excluding hydrogens is 395 g/mol. The van der Waals surface area contributed by atoms with E-state index in [1.807, 2.05) is 60.7 Å². The van der Waals surface area contributed by atoms with Crippen LogP contribution in [0.5, 0.6) is 0 Å². The molecule has 4 nitrogen and oxygen atoms in total. The van der Waals surface area contributed by atoms with Crippen molar-refractivity contribution >= 4 is 40.7 Å². The monoisotopic (exact) mass is 412 g/mol.